The smallest absolute Gasteiger partial charge is 0.194 e. The zero-order valence-electron chi connectivity index (χ0n) is 19.3. The Hall–Kier alpha value is -3.42. The summed E-state index contributed by atoms with van der Waals surface area (Å²) in [6.07, 6.45) is 0.946. The van der Waals surface area contributed by atoms with Gasteiger partial charge in [-0.3, -0.25) is 0 Å². The Balaban J connectivity index is 1.62. The number of aryl methyl sites for hydroxylation is 1. The zero-order valence-corrected chi connectivity index (χ0v) is 19.3. The van der Waals surface area contributed by atoms with E-state index < -0.39 is 0 Å². The second-order valence-electron chi connectivity index (χ2n) is 7.89. The van der Waals surface area contributed by atoms with Gasteiger partial charge in [0.15, 0.2) is 11.8 Å². The molecule has 0 radical (unpaired) electrons. The van der Waals surface area contributed by atoms with E-state index in [1.807, 2.05) is 54.8 Å². The summed E-state index contributed by atoms with van der Waals surface area (Å²) in [5, 5.41) is 11.8. The van der Waals surface area contributed by atoms with Crippen LogP contribution in [-0.2, 0) is 20.1 Å². The van der Waals surface area contributed by atoms with Crippen molar-refractivity contribution in [3.63, 3.8) is 0 Å². The molecule has 2 aromatic carbocycles. The van der Waals surface area contributed by atoms with E-state index in [0.29, 0.717) is 13.1 Å². The predicted molar refractivity (Wildman–Crippen MR) is 127 cm³/mol. The molecule has 0 saturated heterocycles. The molecule has 0 aliphatic carbocycles. The molecule has 0 saturated carbocycles. The fraction of sp³-hybridized carbons (Fsp3) is 0.375. The Kier molecular flexibility index (Phi) is 8.19. The van der Waals surface area contributed by atoms with Crippen LogP contribution >= 0.6 is 0 Å². The highest BCUT2D eigenvalue weighted by Gasteiger charge is 2.10. The van der Waals surface area contributed by atoms with Gasteiger partial charge in [0, 0.05) is 46.5 Å². The van der Waals surface area contributed by atoms with Crippen molar-refractivity contribution in [3.8, 4) is 0 Å². The molecule has 1 N–H and O–H groups in total. The highest BCUT2D eigenvalue weighted by atomic mass is 19.1. The first-order valence-electron chi connectivity index (χ1n) is 10.8. The van der Waals surface area contributed by atoms with Crippen LogP contribution in [0, 0.1) is 12.7 Å². The lowest BCUT2D eigenvalue weighted by molar-refractivity contribution is 0.471. The number of para-hydroxylation sites is 1. The first-order chi connectivity index (χ1) is 15.4. The van der Waals surface area contributed by atoms with E-state index >= 15 is 0 Å². The van der Waals surface area contributed by atoms with Gasteiger partial charge in [0.25, 0.3) is 0 Å². The quantitative estimate of drug-likeness (QED) is 0.316. The molecule has 1 heterocycles. The van der Waals surface area contributed by atoms with Crippen LogP contribution in [-0.4, -0.2) is 52.8 Å². The Morgan fingerprint density at radius 3 is 2.56 bits per heavy atom. The third-order valence-electron chi connectivity index (χ3n) is 5.37. The number of aliphatic imine (C=N–C) groups is 1. The minimum Gasteiger partial charge on any atom is -0.375 e. The Bertz CT molecular complexity index is 1020. The fourth-order valence-corrected chi connectivity index (χ4v) is 3.36. The topological polar surface area (TPSA) is 61.6 Å². The summed E-state index contributed by atoms with van der Waals surface area (Å²) in [4.78, 5) is 8.99. The minimum atomic E-state index is -0.235. The summed E-state index contributed by atoms with van der Waals surface area (Å²) in [5.74, 6) is 2.16. The number of halogens is 1. The molecule has 170 valence electrons. The average molecular weight is 438 g/mol. The number of rotatable bonds is 9. The number of aromatic nitrogens is 3. The molecule has 0 amide bonds. The largest absolute Gasteiger partial charge is 0.375 e. The van der Waals surface area contributed by atoms with Gasteiger partial charge in [0.1, 0.15) is 18.2 Å². The summed E-state index contributed by atoms with van der Waals surface area (Å²) in [5.41, 5.74) is 2.09. The van der Waals surface area contributed by atoms with Crippen molar-refractivity contribution in [1.82, 2.24) is 25.0 Å². The van der Waals surface area contributed by atoms with Crippen molar-refractivity contribution in [2.75, 3.05) is 32.1 Å². The monoisotopic (exact) mass is 437 g/mol. The highest BCUT2D eigenvalue weighted by molar-refractivity contribution is 5.79. The maximum atomic E-state index is 13.6. The van der Waals surface area contributed by atoms with Gasteiger partial charge in [-0.05, 0) is 43.2 Å². The number of hydrogen-bond donors (Lipinski definition) is 1. The van der Waals surface area contributed by atoms with Gasteiger partial charge in [-0.15, -0.1) is 10.2 Å². The van der Waals surface area contributed by atoms with Crippen LogP contribution in [0.25, 0.3) is 0 Å². The fourth-order valence-electron chi connectivity index (χ4n) is 3.36. The molecule has 1 aromatic heterocycles. The second-order valence-corrected chi connectivity index (χ2v) is 7.89. The number of guanidine groups is 1. The van der Waals surface area contributed by atoms with E-state index in [-0.39, 0.29) is 5.82 Å². The van der Waals surface area contributed by atoms with E-state index in [4.69, 9.17) is 4.99 Å². The summed E-state index contributed by atoms with van der Waals surface area (Å²) in [6.45, 7) is 4.56. The molecule has 3 rings (SSSR count). The standard InChI is InChI=1S/C24H32FN7/c1-19-28-29-23(32(19)4)17-27-24(31(3)18-20-10-8-11-21(25)16-20)26-14-9-15-30(2)22-12-6-5-7-13-22/h5-8,10-13,16H,9,14-15,17-18H2,1-4H3,(H,26,27). The number of hydrogen-bond acceptors (Lipinski definition) is 4. The third kappa shape index (κ3) is 6.54. The molecular weight excluding hydrogens is 405 g/mol. The zero-order chi connectivity index (χ0) is 22.9. The maximum Gasteiger partial charge on any atom is 0.194 e. The molecule has 8 heteroatoms. The molecule has 7 nitrogen and oxygen atoms in total. The molecule has 0 spiro atoms. The molecule has 0 bridgehead atoms. The number of nitrogens with zero attached hydrogens (tertiary/aromatic N) is 6. The van der Waals surface area contributed by atoms with E-state index in [9.17, 15) is 4.39 Å². The number of benzene rings is 2. The lowest BCUT2D eigenvalue weighted by atomic mass is 10.2. The van der Waals surface area contributed by atoms with Gasteiger partial charge in [0.2, 0.25) is 0 Å². The van der Waals surface area contributed by atoms with Crippen molar-refractivity contribution in [3.05, 3.63) is 77.6 Å². The van der Waals surface area contributed by atoms with Gasteiger partial charge in [0.05, 0.1) is 0 Å². The molecule has 32 heavy (non-hydrogen) atoms. The van der Waals surface area contributed by atoms with Crippen molar-refractivity contribution in [2.24, 2.45) is 12.0 Å². The van der Waals surface area contributed by atoms with Crippen LogP contribution in [0.2, 0.25) is 0 Å². The Labute approximate surface area is 189 Å². The molecule has 3 aromatic rings. The minimum absolute atomic E-state index is 0.235. The normalized spacial score (nSPS) is 11.5. The summed E-state index contributed by atoms with van der Waals surface area (Å²) in [6, 6.07) is 17.0. The number of anilines is 1. The first-order valence-corrected chi connectivity index (χ1v) is 10.8. The molecule has 0 unspecified atom stereocenters. The highest BCUT2D eigenvalue weighted by Crippen LogP contribution is 2.11. The van der Waals surface area contributed by atoms with Crippen molar-refractivity contribution in [1.29, 1.82) is 0 Å². The van der Waals surface area contributed by atoms with Crippen LogP contribution in [0.3, 0.4) is 0 Å². The van der Waals surface area contributed by atoms with Crippen LogP contribution < -0.4 is 10.2 Å². The maximum absolute atomic E-state index is 13.6. The van der Waals surface area contributed by atoms with Crippen molar-refractivity contribution >= 4 is 11.6 Å². The van der Waals surface area contributed by atoms with Crippen LogP contribution in [0.4, 0.5) is 10.1 Å². The van der Waals surface area contributed by atoms with Crippen LogP contribution in [0.15, 0.2) is 59.6 Å². The predicted octanol–water partition coefficient (Wildman–Crippen LogP) is 3.37. The van der Waals surface area contributed by atoms with E-state index in [2.05, 4.69) is 39.6 Å². The SMILES string of the molecule is Cc1nnc(CN=C(NCCCN(C)c2ccccc2)N(C)Cc2cccc(F)c2)n1C. The third-order valence-corrected chi connectivity index (χ3v) is 5.37. The molecule has 0 atom stereocenters. The van der Waals surface area contributed by atoms with E-state index in [1.54, 1.807) is 12.1 Å². The lowest BCUT2D eigenvalue weighted by Crippen LogP contribution is -2.39. The number of nitrogens with one attached hydrogen (secondary N) is 1. The van der Waals surface area contributed by atoms with Crippen molar-refractivity contribution < 1.29 is 4.39 Å². The first kappa shape index (κ1) is 23.2. The molecule has 0 aliphatic heterocycles. The average Bonchev–Trinajstić information content (AvgIpc) is 3.11. The molecule has 0 fully saturated rings. The lowest BCUT2D eigenvalue weighted by Gasteiger charge is -2.24. The Morgan fingerprint density at radius 2 is 1.88 bits per heavy atom. The summed E-state index contributed by atoms with van der Waals surface area (Å²) < 4.78 is 15.5. The van der Waals surface area contributed by atoms with Gasteiger partial charge in [-0.2, -0.15) is 0 Å². The second kappa shape index (κ2) is 11.3. The van der Waals surface area contributed by atoms with E-state index in [1.165, 1.54) is 11.8 Å². The Morgan fingerprint density at radius 1 is 1.09 bits per heavy atom. The van der Waals surface area contributed by atoms with Gasteiger partial charge >= 0.3 is 0 Å². The summed E-state index contributed by atoms with van der Waals surface area (Å²) >= 11 is 0. The molecular formula is C24H32FN7. The van der Waals surface area contributed by atoms with Crippen molar-refractivity contribution in [2.45, 2.75) is 26.4 Å². The summed E-state index contributed by atoms with van der Waals surface area (Å²) in [7, 11) is 5.98. The van der Waals surface area contributed by atoms with Gasteiger partial charge < -0.3 is 19.7 Å². The van der Waals surface area contributed by atoms with E-state index in [0.717, 1.165) is 42.7 Å². The molecule has 0 aliphatic rings. The van der Waals surface area contributed by atoms with Gasteiger partial charge in [-0.1, -0.05) is 30.3 Å². The van der Waals surface area contributed by atoms with Gasteiger partial charge in [-0.25, -0.2) is 9.38 Å². The van der Waals surface area contributed by atoms with Crippen LogP contribution in [0.5, 0.6) is 0 Å². The van der Waals surface area contributed by atoms with Crippen LogP contribution in [0.1, 0.15) is 23.6 Å².